The first kappa shape index (κ1) is 19.8. The van der Waals surface area contributed by atoms with Crippen molar-refractivity contribution in [2.75, 3.05) is 11.0 Å². The number of anilines is 1. The van der Waals surface area contributed by atoms with Gasteiger partial charge in [0.2, 0.25) is 15.2 Å². The highest BCUT2D eigenvalue weighted by Gasteiger charge is 2.24. The monoisotopic (exact) mass is 409 g/mol. The SMILES string of the molecule is C[C@@H](Sc1nnnn1C1CCCCC1)C(=O)c1ccc(NS(C)(=O)=O)cc1. The number of ketones is 1. The first-order valence-electron chi connectivity index (χ1n) is 8.90. The Hall–Kier alpha value is -1.94. The number of nitrogens with one attached hydrogen (secondary N) is 1. The number of hydrogen-bond donors (Lipinski definition) is 1. The minimum Gasteiger partial charge on any atom is -0.293 e. The molecule has 1 N–H and O–H groups in total. The van der Waals surface area contributed by atoms with E-state index in [4.69, 9.17) is 0 Å². The van der Waals surface area contributed by atoms with Crippen molar-refractivity contribution in [3.63, 3.8) is 0 Å². The van der Waals surface area contributed by atoms with Gasteiger partial charge in [-0.3, -0.25) is 9.52 Å². The number of benzene rings is 1. The number of thioether (sulfide) groups is 1. The smallest absolute Gasteiger partial charge is 0.229 e. The molecule has 2 aromatic rings. The van der Waals surface area contributed by atoms with E-state index in [0.717, 1.165) is 19.1 Å². The van der Waals surface area contributed by atoms with E-state index in [1.54, 1.807) is 24.3 Å². The summed E-state index contributed by atoms with van der Waals surface area (Å²) in [5.74, 6) is -0.0518. The van der Waals surface area contributed by atoms with E-state index >= 15 is 0 Å². The molecule has 1 aromatic carbocycles. The standard InChI is InChI=1S/C17H23N5O3S2/c1-12(16(23)13-8-10-14(11-9-13)19-27(2,24)25)26-17-18-20-21-22(17)15-6-4-3-5-7-15/h8-12,15,19H,3-7H2,1-2H3/t12-/m1/s1. The lowest BCUT2D eigenvalue weighted by molar-refractivity contribution is 0.0993. The Morgan fingerprint density at radius 1 is 1.22 bits per heavy atom. The van der Waals surface area contributed by atoms with Crippen molar-refractivity contribution in [3.05, 3.63) is 29.8 Å². The maximum absolute atomic E-state index is 12.7. The van der Waals surface area contributed by atoms with Gasteiger partial charge in [0.15, 0.2) is 5.78 Å². The van der Waals surface area contributed by atoms with Crippen molar-refractivity contribution < 1.29 is 13.2 Å². The molecular formula is C17H23N5O3S2. The summed E-state index contributed by atoms with van der Waals surface area (Å²) in [5, 5.41) is 12.3. The van der Waals surface area contributed by atoms with Crippen molar-refractivity contribution in [1.82, 2.24) is 20.2 Å². The van der Waals surface area contributed by atoms with Crippen LogP contribution in [0.4, 0.5) is 5.69 Å². The van der Waals surface area contributed by atoms with Crippen molar-refractivity contribution in [3.8, 4) is 0 Å². The number of nitrogens with zero attached hydrogens (tertiary/aromatic N) is 4. The van der Waals surface area contributed by atoms with Gasteiger partial charge in [-0.05, 0) is 54.5 Å². The average molecular weight is 410 g/mol. The van der Waals surface area contributed by atoms with E-state index in [0.29, 0.717) is 22.4 Å². The molecular weight excluding hydrogens is 386 g/mol. The van der Waals surface area contributed by atoms with Gasteiger partial charge in [-0.25, -0.2) is 13.1 Å². The molecule has 1 aliphatic rings. The maximum Gasteiger partial charge on any atom is 0.229 e. The average Bonchev–Trinajstić information content (AvgIpc) is 3.09. The Morgan fingerprint density at radius 3 is 2.52 bits per heavy atom. The highest BCUT2D eigenvalue weighted by Crippen LogP contribution is 2.32. The minimum absolute atomic E-state index is 0.0518. The van der Waals surface area contributed by atoms with Crippen molar-refractivity contribution >= 4 is 33.3 Å². The lowest BCUT2D eigenvalue weighted by atomic mass is 9.96. The van der Waals surface area contributed by atoms with Gasteiger partial charge < -0.3 is 0 Å². The molecule has 27 heavy (non-hydrogen) atoms. The summed E-state index contributed by atoms with van der Waals surface area (Å²) in [6.07, 6.45) is 6.82. The molecule has 1 fully saturated rings. The number of hydrogen-bond acceptors (Lipinski definition) is 7. The molecule has 1 aliphatic carbocycles. The summed E-state index contributed by atoms with van der Waals surface area (Å²) in [6, 6.07) is 6.71. The zero-order valence-electron chi connectivity index (χ0n) is 15.3. The topological polar surface area (TPSA) is 107 Å². The molecule has 3 rings (SSSR count). The molecule has 1 aromatic heterocycles. The van der Waals surface area contributed by atoms with Crippen LogP contribution in [0.25, 0.3) is 0 Å². The molecule has 0 unspecified atom stereocenters. The predicted molar refractivity (Wildman–Crippen MR) is 104 cm³/mol. The van der Waals surface area contributed by atoms with Crippen molar-refractivity contribution in [1.29, 1.82) is 0 Å². The van der Waals surface area contributed by atoms with E-state index in [1.807, 2.05) is 11.6 Å². The van der Waals surface area contributed by atoms with E-state index < -0.39 is 10.0 Å². The number of carbonyl (C=O) groups is 1. The number of tetrazole rings is 1. The molecule has 1 heterocycles. The van der Waals surface area contributed by atoms with Gasteiger partial charge in [0, 0.05) is 11.3 Å². The second-order valence-corrected chi connectivity index (χ2v) is 9.83. The van der Waals surface area contributed by atoms with Crippen molar-refractivity contribution in [2.24, 2.45) is 0 Å². The van der Waals surface area contributed by atoms with Crippen LogP contribution in [0.2, 0.25) is 0 Å². The van der Waals surface area contributed by atoms with Gasteiger partial charge in [0.05, 0.1) is 17.5 Å². The lowest BCUT2D eigenvalue weighted by Crippen LogP contribution is -2.18. The first-order chi connectivity index (χ1) is 12.8. The molecule has 1 atom stereocenters. The number of rotatable bonds is 7. The molecule has 0 bridgehead atoms. The molecule has 146 valence electrons. The van der Waals surface area contributed by atoms with Crippen LogP contribution >= 0.6 is 11.8 Å². The fourth-order valence-electron chi connectivity index (χ4n) is 3.18. The molecule has 10 heteroatoms. The summed E-state index contributed by atoms with van der Waals surface area (Å²) in [5.41, 5.74) is 0.946. The Bertz CT molecular complexity index is 890. The van der Waals surface area contributed by atoms with Crippen LogP contribution in [0, 0.1) is 0 Å². The van der Waals surface area contributed by atoms with Gasteiger partial charge in [-0.2, -0.15) is 0 Å². The van der Waals surface area contributed by atoms with Gasteiger partial charge in [-0.1, -0.05) is 31.0 Å². The quantitative estimate of drug-likeness (QED) is 0.553. The second-order valence-electron chi connectivity index (χ2n) is 6.77. The zero-order valence-corrected chi connectivity index (χ0v) is 17.0. The highest BCUT2D eigenvalue weighted by molar-refractivity contribution is 8.00. The highest BCUT2D eigenvalue weighted by atomic mass is 32.2. The van der Waals surface area contributed by atoms with Crippen LogP contribution in [-0.2, 0) is 10.0 Å². The van der Waals surface area contributed by atoms with Gasteiger partial charge in [0.1, 0.15) is 0 Å². The second kappa shape index (κ2) is 8.39. The molecule has 0 amide bonds. The van der Waals surface area contributed by atoms with E-state index in [9.17, 15) is 13.2 Å². The minimum atomic E-state index is -3.34. The maximum atomic E-state index is 12.7. The number of carbonyl (C=O) groups excluding carboxylic acids is 1. The largest absolute Gasteiger partial charge is 0.293 e. The van der Waals surface area contributed by atoms with Crippen LogP contribution in [0.1, 0.15) is 55.4 Å². The fourth-order valence-corrected chi connectivity index (χ4v) is 4.68. The summed E-state index contributed by atoms with van der Waals surface area (Å²) in [4.78, 5) is 12.7. The number of aromatic nitrogens is 4. The third-order valence-corrected chi connectivity index (χ3v) is 6.16. The molecule has 0 saturated heterocycles. The van der Waals surface area contributed by atoms with Gasteiger partial charge >= 0.3 is 0 Å². The van der Waals surface area contributed by atoms with Crippen molar-refractivity contribution in [2.45, 2.75) is 55.5 Å². The molecule has 0 radical (unpaired) electrons. The molecule has 0 aliphatic heterocycles. The Morgan fingerprint density at radius 2 is 1.89 bits per heavy atom. The summed E-state index contributed by atoms with van der Waals surface area (Å²) >= 11 is 1.35. The Balaban J connectivity index is 1.67. The van der Waals surface area contributed by atoms with Crippen LogP contribution < -0.4 is 4.72 Å². The van der Waals surface area contributed by atoms with Crippen LogP contribution in [0.5, 0.6) is 0 Å². The van der Waals surface area contributed by atoms with Gasteiger partial charge in [-0.15, -0.1) is 5.10 Å². The Kier molecular flexibility index (Phi) is 6.15. The third-order valence-electron chi connectivity index (χ3n) is 4.51. The first-order valence-corrected chi connectivity index (χ1v) is 11.7. The van der Waals surface area contributed by atoms with E-state index in [1.165, 1.54) is 31.0 Å². The van der Waals surface area contributed by atoms with Crippen LogP contribution in [0.15, 0.2) is 29.4 Å². The van der Waals surface area contributed by atoms with Crippen LogP contribution in [-0.4, -0.2) is 45.9 Å². The van der Waals surface area contributed by atoms with Crippen LogP contribution in [0.3, 0.4) is 0 Å². The number of sulfonamides is 1. The predicted octanol–water partition coefficient (Wildman–Crippen LogP) is 2.91. The van der Waals surface area contributed by atoms with E-state index in [2.05, 4.69) is 20.2 Å². The molecule has 8 nitrogen and oxygen atoms in total. The Labute approximate surface area is 163 Å². The molecule has 0 spiro atoms. The van der Waals surface area contributed by atoms with E-state index in [-0.39, 0.29) is 11.0 Å². The number of Topliss-reactive ketones (excluding diaryl/α,β-unsaturated/α-hetero) is 1. The third kappa shape index (κ3) is 5.29. The fraction of sp³-hybridized carbons (Fsp3) is 0.529. The zero-order chi connectivity index (χ0) is 19.4. The normalized spacial score (nSPS) is 16.8. The summed E-state index contributed by atoms with van der Waals surface area (Å²) in [7, 11) is -3.34. The molecule has 1 saturated carbocycles. The summed E-state index contributed by atoms with van der Waals surface area (Å²) < 4.78 is 26.8. The summed E-state index contributed by atoms with van der Waals surface area (Å²) in [6.45, 7) is 1.83. The lowest BCUT2D eigenvalue weighted by Gasteiger charge is -2.22. The van der Waals surface area contributed by atoms with Gasteiger partial charge in [0.25, 0.3) is 0 Å².